The molecular formula is C14H25NO2S. The fourth-order valence-electron chi connectivity index (χ4n) is 3.20. The molecule has 0 aromatic carbocycles. The molecule has 1 saturated heterocycles. The van der Waals surface area contributed by atoms with Crippen LogP contribution in [0.5, 0.6) is 0 Å². The van der Waals surface area contributed by atoms with E-state index in [1.54, 1.807) is 11.8 Å². The summed E-state index contributed by atoms with van der Waals surface area (Å²) in [6, 6.07) is 0.372. The van der Waals surface area contributed by atoms with Crippen LogP contribution in [0.25, 0.3) is 0 Å². The number of carbonyl (C=O) groups is 1. The molecule has 0 bridgehead atoms. The SMILES string of the molecule is CC1(C(=O)N(CCO)C2CCCCC2)CCCS1. The van der Waals surface area contributed by atoms with Crippen LogP contribution in [-0.2, 0) is 4.79 Å². The van der Waals surface area contributed by atoms with Crippen molar-refractivity contribution in [3.8, 4) is 0 Å². The van der Waals surface area contributed by atoms with Crippen LogP contribution in [-0.4, -0.2) is 45.6 Å². The zero-order valence-corrected chi connectivity index (χ0v) is 12.2. The van der Waals surface area contributed by atoms with E-state index in [0.29, 0.717) is 12.6 Å². The molecule has 1 aliphatic carbocycles. The highest BCUT2D eigenvalue weighted by atomic mass is 32.2. The minimum absolute atomic E-state index is 0.0863. The van der Waals surface area contributed by atoms with Gasteiger partial charge in [0.25, 0.3) is 0 Å². The maximum Gasteiger partial charge on any atom is 0.238 e. The third-order valence-corrected chi connectivity index (χ3v) is 5.80. The molecule has 2 fully saturated rings. The number of hydrogen-bond donors (Lipinski definition) is 1. The van der Waals surface area contributed by atoms with Crippen molar-refractivity contribution in [2.45, 2.75) is 62.7 Å². The number of amides is 1. The van der Waals surface area contributed by atoms with Crippen LogP contribution >= 0.6 is 11.8 Å². The number of rotatable bonds is 4. The largest absolute Gasteiger partial charge is 0.395 e. The van der Waals surface area contributed by atoms with Gasteiger partial charge in [0.15, 0.2) is 0 Å². The minimum Gasteiger partial charge on any atom is -0.395 e. The molecule has 1 heterocycles. The maximum atomic E-state index is 12.8. The van der Waals surface area contributed by atoms with Crippen molar-refractivity contribution >= 4 is 17.7 Å². The van der Waals surface area contributed by atoms with Gasteiger partial charge in [-0.2, -0.15) is 0 Å². The summed E-state index contributed by atoms with van der Waals surface area (Å²) in [5.74, 6) is 1.37. The molecule has 18 heavy (non-hydrogen) atoms. The normalized spacial score (nSPS) is 29.4. The van der Waals surface area contributed by atoms with Crippen LogP contribution in [0.4, 0.5) is 0 Å². The van der Waals surface area contributed by atoms with Gasteiger partial charge in [0.1, 0.15) is 0 Å². The van der Waals surface area contributed by atoms with E-state index in [2.05, 4.69) is 6.92 Å². The van der Waals surface area contributed by atoms with Gasteiger partial charge in [-0.1, -0.05) is 19.3 Å². The number of thioether (sulfide) groups is 1. The molecule has 1 aliphatic heterocycles. The lowest BCUT2D eigenvalue weighted by molar-refractivity contribution is -0.137. The molecule has 2 aliphatic rings. The summed E-state index contributed by atoms with van der Waals surface area (Å²) in [7, 11) is 0. The fourth-order valence-corrected chi connectivity index (χ4v) is 4.47. The maximum absolute atomic E-state index is 12.8. The van der Waals surface area contributed by atoms with Gasteiger partial charge < -0.3 is 10.0 Å². The Morgan fingerprint density at radius 2 is 2.06 bits per heavy atom. The van der Waals surface area contributed by atoms with Gasteiger partial charge >= 0.3 is 0 Å². The van der Waals surface area contributed by atoms with Crippen LogP contribution in [0, 0.1) is 0 Å². The Hall–Kier alpha value is -0.220. The molecule has 104 valence electrons. The van der Waals surface area contributed by atoms with Crippen molar-refractivity contribution in [1.29, 1.82) is 0 Å². The van der Waals surface area contributed by atoms with E-state index in [9.17, 15) is 9.90 Å². The molecule has 3 nitrogen and oxygen atoms in total. The van der Waals surface area contributed by atoms with Crippen molar-refractivity contribution in [1.82, 2.24) is 4.90 Å². The average Bonchev–Trinajstić information content (AvgIpc) is 2.84. The Labute approximate surface area is 114 Å². The predicted octanol–water partition coefficient (Wildman–Crippen LogP) is 2.43. The van der Waals surface area contributed by atoms with Gasteiger partial charge in [0.05, 0.1) is 11.4 Å². The number of aliphatic hydroxyl groups excluding tert-OH is 1. The van der Waals surface area contributed by atoms with Crippen molar-refractivity contribution in [2.24, 2.45) is 0 Å². The first-order chi connectivity index (χ1) is 8.67. The zero-order chi connectivity index (χ0) is 13.0. The molecule has 1 amide bonds. The summed E-state index contributed by atoms with van der Waals surface area (Å²) < 4.78 is -0.230. The van der Waals surface area contributed by atoms with Crippen molar-refractivity contribution in [3.63, 3.8) is 0 Å². The number of aliphatic hydroxyl groups is 1. The highest BCUT2D eigenvalue weighted by Crippen LogP contribution is 2.40. The summed E-state index contributed by atoms with van der Waals surface area (Å²) in [5, 5.41) is 9.24. The second-order valence-electron chi connectivity index (χ2n) is 5.70. The fraction of sp³-hybridized carbons (Fsp3) is 0.929. The first-order valence-corrected chi connectivity index (χ1v) is 8.22. The van der Waals surface area contributed by atoms with Gasteiger partial charge in [0, 0.05) is 12.6 Å². The highest BCUT2D eigenvalue weighted by molar-refractivity contribution is 8.01. The van der Waals surface area contributed by atoms with E-state index in [0.717, 1.165) is 31.4 Å². The number of nitrogens with zero attached hydrogens (tertiary/aromatic N) is 1. The topological polar surface area (TPSA) is 40.5 Å². The lowest BCUT2D eigenvalue weighted by atomic mass is 9.92. The van der Waals surface area contributed by atoms with Crippen LogP contribution in [0.1, 0.15) is 51.9 Å². The van der Waals surface area contributed by atoms with Crippen LogP contribution in [0.15, 0.2) is 0 Å². The smallest absolute Gasteiger partial charge is 0.238 e. The van der Waals surface area contributed by atoms with Crippen LogP contribution in [0.2, 0.25) is 0 Å². The molecular weight excluding hydrogens is 246 g/mol. The van der Waals surface area contributed by atoms with Gasteiger partial charge in [0.2, 0.25) is 5.91 Å². The first-order valence-electron chi connectivity index (χ1n) is 7.23. The van der Waals surface area contributed by atoms with Gasteiger partial charge in [-0.25, -0.2) is 0 Å². The third-order valence-electron chi connectivity index (χ3n) is 4.29. The molecule has 0 spiro atoms. The Bertz CT molecular complexity index is 284. The molecule has 2 rings (SSSR count). The van der Waals surface area contributed by atoms with Crippen molar-refractivity contribution in [2.75, 3.05) is 18.9 Å². The second kappa shape index (κ2) is 6.29. The summed E-state index contributed by atoms with van der Waals surface area (Å²) in [4.78, 5) is 14.7. The first kappa shape index (κ1) is 14.2. The summed E-state index contributed by atoms with van der Waals surface area (Å²) in [5.41, 5.74) is 0. The molecule has 0 aromatic rings. The lowest BCUT2D eigenvalue weighted by Gasteiger charge is -2.38. The van der Waals surface area contributed by atoms with Gasteiger partial charge in [-0.3, -0.25) is 4.79 Å². The highest BCUT2D eigenvalue weighted by Gasteiger charge is 2.41. The Balaban J connectivity index is 2.05. The van der Waals surface area contributed by atoms with Crippen LogP contribution in [0.3, 0.4) is 0 Å². The third kappa shape index (κ3) is 3.02. The Kier molecular flexibility index (Phi) is 4.96. The summed E-state index contributed by atoms with van der Waals surface area (Å²) in [6.07, 6.45) is 8.12. The molecule has 0 radical (unpaired) electrons. The molecule has 4 heteroatoms. The quantitative estimate of drug-likeness (QED) is 0.853. The predicted molar refractivity (Wildman–Crippen MR) is 75.8 cm³/mol. The summed E-state index contributed by atoms with van der Waals surface area (Å²) >= 11 is 1.80. The minimum atomic E-state index is -0.230. The second-order valence-corrected chi connectivity index (χ2v) is 7.29. The van der Waals surface area contributed by atoms with E-state index in [1.807, 2.05) is 4.90 Å². The van der Waals surface area contributed by atoms with Crippen molar-refractivity contribution < 1.29 is 9.90 Å². The van der Waals surface area contributed by atoms with Crippen LogP contribution < -0.4 is 0 Å². The van der Waals surface area contributed by atoms with E-state index in [4.69, 9.17) is 0 Å². The van der Waals surface area contributed by atoms with E-state index >= 15 is 0 Å². The van der Waals surface area contributed by atoms with E-state index < -0.39 is 0 Å². The zero-order valence-electron chi connectivity index (χ0n) is 11.4. The molecule has 1 saturated carbocycles. The lowest BCUT2D eigenvalue weighted by Crippen LogP contribution is -2.50. The van der Waals surface area contributed by atoms with Gasteiger partial charge in [-0.05, 0) is 38.4 Å². The van der Waals surface area contributed by atoms with Crippen molar-refractivity contribution in [3.05, 3.63) is 0 Å². The van der Waals surface area contributed by atoms with Gasteiger partial charge in [-0.15, -0.1) is 11.8 Å². The monoisotopic (exact) mass is 271 g/mol. The van der Waals surface area contributed by atoms with E-state index in [1.165, 1.54) is 19.3 Å². The average molecular weight is 271 g/mol. The number of carbonyl (C=O) groups excluding carboxylic acids is 1. The summed E-state index contributed by atoms with van der Waals surface area (Å²) in [6.45, 7) is 2.68. The molecule has 0 aromatic heterocycles. The Morgan fingerprint density at radius 1 is 1.33 bits per heavy atom. The number of hydrogen-bond acceptors (Lipinski definition) is 3. The molecule has 1 unspecified atom stereocenters. The standard InChI is InChI=1S/C14H25NO2S/c1-14(8-5-11-18-14)13(17)15(9-10-16)12-6-3-2-4-7-12/h12,16H,2-11H2,1H3. The molecule has 1 N–H and O–H groups in total. The molecule has 1 atom stereocenters. The van der Waals surface area contributed by atoms with E-state index in [-0.39, 0.29) is 17.3 Å². The Morgan fingerprint density at radius 3 is 2.61 bits per heavy atom.